The van der Waals surface area contributed by atoms with Crippen LogP contribution in [0.4, 0.5) is 4.39 Å². The zero-order chi connectivity index (χ0) is 14.9. The van der Waals surface area contributed by atoms with Crippen LogP contribution >= 0.6 is 23.2 Å². The van der Waals surface area contributed by atoms with E-state index < -0.39 is 17.4 Å². The van der Waals surface area contributed by atoms with Gasteiger partial charge in [0.05, 0.1) is 16.6 Å². The molecular weight excluding hydrogens is 300 g/mol. The lowest BCUT2D eigenvalue weighted by atomic mass is 9.83. The molecule has 0 aliphatic rings. The summed E-state index contributed by atoms with van der Waals surface area (Å²) in [6.45, 7) is 1.76. The van der Waals surface area contributed by atoms with Gasteiger partial charge in [0, 0.05) is 6.20 Å². The first-order chi connectivity index (χ1) is 9.32. The topological polar surface area (TPSA) is 64.9 Å². The molecule has 0 bridgehead atoms. The van der Waals surface area contributed by atoms with Gasteiger partial charge in [0.2, 0.25) is 0 Å². The van der Waals surface area contributed by atoms with E-state index in [4.69, 9.17) is 34.7 Å². The van der Waals surface area contributed by atoms with Gasteiger partial charge >= 0.3 is 0 Å². The molecule has 1 aromatic heterocycles. The number of aromatic nitrogens is 1. The molecule has 0 amide bonds. The van der Waals surface area contributed by atoms with Crippen LogP contribution in [0.5, 0.6) is 0 Å². The highest BCUT2D eigenvalue weighted by Crippen LogP contribution is 2.32. The minimum Gasteiger partial charge on any atom is -0.322 e. The molecule has 0 aliphatic carbocycles. The summed E-state index contributed by atoms with van der Waals surface area (Å²) in [6.07, 6.45) is 1.56. The zero-order valence-corrected chi connectivity index (χ0v) is 12.3. The number of halogens is 3. The van der Waals surface area contributed by atoms with Crippen molar-refractivity contribution in [2.75, 3.05) is 0 Å². The van der Waals surface area contributed by atoms with E-state index >= 15 is 0 Å². The minimum atomic E-state index is -0.919. The van der Waals surface area contributed by atoms with Crippen molar-refractivity contribution in [1.29, 1.82) is 0 Å². The molecule has 0 saturated heterocycles. The molecule has 1 aromatic carbocycles. The molecule has 0 radical (unpaired) electrons. The molecule has 6 heteroatoms. The van der Waals surface area contributed by atoms with E-state index in [9.17, 15) is 4.39 Å². The number of pyridine rings is 1. The van der Waals surface area contributed by atoms with Crippen molar-refractivity contribution in [3.63, 3.8) is 0 Å². The van der Waals surface area contributed by atoms with Crippen LogP contribution in [0.25, 0.3) is 0 Å². The van der Waals surface area contributed by atoms with Crippen LogP contribution in [0.3, 0.4) is 0 Å². The maximum Gasteiger partial charge on any atom is 0.142 e. The second-order valence-corrected chi connectivity index (χ2v) is 5.60. The Bertz CT molecular complexity index is 614. The lowest BCUT2D eigenvalue weighted by Crippen LogP contribution is -2.44. The molecule has 106 valence electrons. The van der Waals surface area contributed by atoms with Crippen molar-refractivity contribution in [3.05, 3.63) is 63.6 Å². The fourth-order valence-electron chi connectivity index (χ4n) is 1.93. The van der Waals surface area contributed by atoms with Gasteiger partial charge in [0.15, 0.2) is 0 Å². The van der Waals surface area contributed by atoms with E-state index in [1.807, 2.05) is 0 Å². The summed E-state index contributed by atoms with van der Waals surface area (Å²) in [6, 6.07) is 7.18. The van der Waals surface area contributed by atoms with Gasteiger partial charge in [-0.05, 0) is 36.2 Å². The first kappa shape index (κ1) is 15.2. The van der Waals surface area contributed by atoms with Crippen molar-refractivity contribution in [3.8, 4) is 0 Å². The maximum atomic E-state index is 13.5. The van der Waals surface area contributed by atoms with E-state index in [0.717, 1.165) is 0 Å². The molecule has 0 saturated carbocycles. The average molecular weight is 314 g/mol. The Morgan fingerprint density at radius 1 is 1.25 bits per heavy atom. The third kappa shape index (κ3) is 2.94. The molecule has 0 unspecified atom stereocenters. The maximum absolute atomic E-state index is 13.5. The van der Waals surface area contributed by atoms with Gasteiger partial charge in [-0.2, -0.15) is 0 Å². The summed E-state index contributed by atoms with van der Waals surface area (Å²) in [5, 5.41) is 0.420. The molecule has 2 rings (SSSR count). The average Bonchev–Trinajstić information content (AvgIpc) is 2.41. The Morgan fingerprint density at radius 2 is 1.95 bits per heavy atom. The van der Waals surface area contributed by atoms with Gasteiger partial charge in [-0.25, -0.2) is 9.37 Å². The van der Waals surface area contributed by atoms with Crippen LogP contribution < -0.4 is 11.5 Å². The van der Waals surface area contributed by atoms with Gasteiger partial charge in [0.1, 0.15) is 11.0 Å². The molecular formula is C14H14Cl2FN3. The van der Waals surface area contributed by atoms with Gasteiger partial charge in [0.25, 0.3) is 0 Å². The highest BCUT2D eigenvalue weighted by molar-refractivity contribution is 6.30. The van der Waals surface area contributed by atoms with E-state index in [1.54, 1.807) is 31.3 Å². The van der Waals surface area contributed by atoms with Crippen LogP contribution in [-0.4, -0.2) is 4.98 Å². The molecule has 4 N–H and O–H groups in total. The lowest BCUT2D eigenvalue weighted by molar-refractivity contribution is 0.394. The van der Waals surface area contributed by atoms with Crippen LogP contribution in [0.15, 0.2) is 36.5 Å². The Hall–Kier alpha value is -1.20. The van der Waals surface area contributed by atoms with Crippen molar-refractivity contribution in [2.24, 2.45) is 11.5 Å². The molecule has 20 heavy (non-hydrogen) atoms. The molecule has 2 atom stereocenters. The molecule has 3 nitrogen and oxygen atoms in total. The second kappa shape index (κ2) is 5.66. The van der Waals surface area contributed by atoms with E-state index in [-0.39, 0.29) is 5.02 Å². The zero-order valence-electron chi connectivity index (χ0n) is 10.8. The van der Waals surface area contributed by atoms with Crippen molar-refractivity contribution >= 4 is 23.2 Å². The standard InChI is InChI=1S/C14H14Cl2FN3/c1-14(19,9-3-5-12(16)20-7-9)13(18)8-2-4-10(15)11(17)6-8/h2-7,13H,18-19H2,1H3/t13-,14+/m1/s1. The van der Waals surface area contributed by atoms with Crippen molar-refractivity contribution in [2.45, 2.75) is 18.5 Å². The van der Waals surface area contributed by atoms with Crippen molar-refractivity contribution in [1.82, 2.24) is 4.98 Å². The Labute approximate surface area is 126 Å². The minimum absolute atomic E-state index is 0.0489. The number of rotatable bonds is 3. The number of hydrogen-bond acceptors (Lipinski definition) is 3. The van der Waals surface area contributed by atoms with Gasteiger partial charge in [-0.3, -0.25) is 0 Å². The highest BCUT2D eigenvalue weighted by atomic mass is 35.5. The number of benzene rings is 1. The van der Waals surface area contributed by atoms with Crippen LogP contribution in [-0.2, 0) is 5.54 Å². The largest absolute Gasteiger partial charge is 0.322 e. The number of nitrogens with zero attached hydrogens (tertiary/aromatic N) is 1. The third-order valence-corrected chi connectivity index (χ3v) is 3.83. The fourth-order valence-corrected chi connectivity index (χ4v) is 2.16. The molecule has 0 spiro atoms. The summed E-state index contributed by atoms with van der Waals surface area (Å²) in [4.78, 5) is 3.99. The Balaban J connectivity index is 2.37. The second-order valence-electron chi connectivity index (χ2n) is 4.80. The summed E-state index contributed by atoms with van der Waals surface area (Å²) < 4.78 is 13.5. The quantitative estimate of drug-likeness (QED) is 0.853. The number of nitrogens with two attached hydrogens (primary N) is 2. The normalized spacial score (nSPS) is 15.7. The van der Waals surface area contributed by atoms with Gasteiger partial charge < -0.3 is 11.5 Å². The Kier molecular flexibility index (Phi) is 4.30. The summed E-state index contributed by atoms with van der Waals surface area (Å²) in [5.74, 6) is -0.523. The van der Waals surface area contributed by atoms with Crippen LogP contribution in [0.2, 0.25) is 10.2 Å². The molecule has 2 aromatic rings. The molecule has 0 aliphatic heterocycles. The summed E-state index contributed by atoms with van der Waals surface area (Å²) >= 11 is 11.4. The monoisotopic (exact) mass is 313 g/mol. The lowest BCUT2D eigenvalue weighted by Gasteiger charge is -2.32. The number of hydrogen-bond donors (Lipinski definition) is 2. The first-order valence-electron chi connectivity index (χ1n) is 5.94. The van der Waals surface area contributed by atoms with E-state index in [0.29, 0.717) is 16.3 Å². The Morgan fingerprint density at radius 3 is 2.50 bits per heavy atom. The van der Waals surface area contributed by atoms with Crippen LogP contribution in [0.1, 0.15) is 24.1 Å². The fraction of sp³-hybridized carbons (Fsp3) is 0.214. The smallest absolute Gasteiger partial charge is 0.142 e. The summed E-state index contributed by atoms with van der Waals surface area (Å²) in [5.41, 5.74) is 12.8. The van der Waals surface area contributed by atoms with Gasteiger partial charge in [-0.1, -0.05) is 35.3 Å². The SMILES string of the molecule is C[C@](N)(c1ccc(Cl)nc1)[C@H](N)c1ccc(Cl)c(F)c1. The van der Waals surface area contributed by atoms with E-state index in [1.165, 1.54) is 12.1 Å². The van der Waals surface area contributed by atoms with E-state index in [2.05, 4.69) is 4.98 Å². The first-order valence-corrected chi connectivity index (χ1v) is 6.69. The third-order valence-electron chi connectivity index (χ3n) is 3.30. The van der Waals surface area contributed by atoms with Crippen LogP contribution in [0, 0.1) is 5.82 Å². The highest BCUT2D eigenvalue weighted by Gasteiger charge is 2.31. The predicted molar refractivity (Wildman–Crippen MR) is 79.1 cm³/mol. The molecule has 1 heterocycles. The van der Waals surface area contributed by atoms with Crippen molar-refractivity contribution < 1.29 is 4.39 Å². The van der Waals surface area contributed by atoms with Gasteiger partial charge in [-0.15, -0.1) is 0 Å². The summed E-state index contributed by atoms with van der Waals surface area (Å²) in [7, 11) is 0. The predicted octanol–water partition coefficient (Wildman–Crippen LogP) is 3.40. The molecule has 0 fully saturated rings.